The van der Waals surface area contributed by atoms with Gasteiger partial charge < -0.3 is 14.8 Å². The third-order valence-corrected chi connectivity index (χ3v) is 2.66. The summed E-state index contributed by atoms with van der Waals surface area (Å²) in [5.41, 5.74) is 0. The maximum atomic E-state index is 5.39. The van der Waals surface area contributed by atoms with E-state index in [1.807, 2.05) is 0 Å². The molecule has 0 amide bonds. The number of rotatable bonds is 11. The third kappa shape index (κ3) is 8.85. The van der Waals surface area contributed by atoms with Crippen LogP contribution in [0, 0.1) is 0 Å². The number of ether oxygens (including phenoxy) is 2. The highest BCUT2D eigenvalue weighted by molar-refractivity contribution is 4.80. The number of methoxy groups -OCH3 is 1. The fourth-order valence-corrected chi connectivity index (χ4v) is 1.52. The Morgan fingerprint density at radius 3 is 2.53 bits per heavy atom. The van der Waals surface area contributed by atoms with Crippen LogP contribution < -0.4 is 5.32 Å². The van der Waals surface area contributed by atoms with Crippen molar-refractivity contribution >= 4 is 0 Å². The summed E-state index contributed by atoms with van der Waals surface area (Å²) in [6, 6.07) is 0.863. The van der Waals surface area contributed by atoms with Crippen molar-refractivity contribution < 1.29 is 9.47 Å². The van der Waals surface area contributed by atoms with Crippen LogP contribution in [-0.4, -0.2) is 39.5 Å². The predicted molar refractivity (Wildman–Crippen MR) is 62.2 cm³/mol. The van der Waals surface area contributed by atoms with Crippen molar-refractivity contribution in [2.24, 2.45) is 0 Å². The van der Waals surface area contributed by atoms with E-state index in [2.05, 4.69) is 5.32 Å². The highest BCUT2D eigenvalue weighted by atomic mass is 16.5. The van der Waals surface area contributed by atoms with Gasteiger partial charge >= 0.3 is 0 Å². The average Bonchev–Trinajstić information content (AvgIpc) is 3.05. The monoisotopic (exact) mass is 215 g/mol. The molecule has 1 fully saturated rings. The first kappa shape index (κ1) is 12.9. The molecule has 0 radical (unpaired) electrons. The Bertz CT molecular complexity index is 138. The van der Waals surface area contributed by atoms with Crippen LogP contribution in [0.5, 0.6) is 0 Å². The van der Waals surface area contributed by atoms with Crippen LogP contribution in [0.3, 0.4) is 0 Å². The van der Waals surface area contributed by atoms with Gasteiger partial charge in [-0.15, -0.1) is 0 Å². The molecule has 1 saturated carbocycles. The van der Waals surface area contributed by atoms with E-state index in [1.54, 1.807) is 7.11 Å². The summed E-state index contributed by atoms with van der Waals surface area (Å²) in [4.78, 5) is 0. The zero-order chi connectivity index (χ0) is 10.8. The molecule has 0 bridgehead atoms. The zero-order valence-electron chi connectivity index (χ0n) is 9.96. The van der Waals surface area contributed by atoms with E-state index >= 15 is 0 Å². The quantitative estimate of drug-likeness (QED) is 0.534. The third-order valence-electron chi connectivity index (χ3n) is 2.66. The van der Waals surface area contributed by atoms with E-state index in [-0.39, 0.29) is 0 Å². The maximum absolute atomic E-state index is 5.39. The zero-order valence-corrected chi connectivity index (χ0v) is 9.96. The molecule has 90 valence electrons. The fourth-order valence-electron chi connectivity index (χ4n) is 1.52. The van der Waals surface area contributed by atoms with Crippen molar-refractivity contribution in [2.75, 3.05) is 33.5 Å². The SMILES string of the molecule is COCCOCCCCCCNC1CC1. The van der Waals surface area contributed by atoms with Crippen LogP contribution in [0.1, 0.15) is 38.5 Å². The minimum Gasteiger partial charge on any atom is -0.382 e. The van der Waals surface area contributed by atoms with E-state index in [9.17, 15) is 0 Å². The first-order valence-electron chi connectivity index (χ1n) is 6.23. The van der Waals surface area contributed by atoms with Gasteiger partial charge in [0.1, 0.15) is 0 Å². The van der Waals surface area contributed by atoms with Crippen LogP contribution in [0.15, 0.2) is 0 Å². The maximum Gasteiger partial charge on any atom is 0.0700 e. The van der Waals surface area contributed by atoms with Gasteiger partial charge in [-0.1, -0.05) is 12.8 Å². The van der Waals surface area contributed by atoms with E-state index in [1.165, 1.54) is 45.1 Å². The topological polar surface area (TPSA) is 30.5 Å². The number of hydrogen-bond acceptors (Lipinski definition) is 3. The molecule has 3 heteroatoms. The lowest BCUT2D eigenvalue weighted by Gasteiger charge is -2.04. The van der Waals surface area contributed by atoms with Gasteiger partial charge in [0, 0.05) is 19.8 Å². The molecule has 0 spiro atoms. The van der Waals surface area contributed by atoms with Crippen LogP contribution in [0.2, 0.25) is 0 Å². The highest BCUT2D eigenvalue weighted by Crippen LogP contribution is 2.18. The molecule has 3 nitrogen and oxygen atoms in total. The van der Waals surface area contributed by atoms with Gasteiger partial charge in [0.2, 0.25) is 0 Å². The van der Waals surface area contributed by atoms with Crippen molar-refractivity contribution in [1.82, 2.24) is 5.32 Å². The lowest BCUT2D eigenvalue weighted by Crippen LogP contribution is -2.17. The second-order valence-corrected chi connectivity index (χ2v) is 4.25. The van der Waals surface area contributed by atoms with E-state index < -0.39 is 0 Å². The molecule has 0 aromatic carbocycles. The van der Waals surface area contributed by atoms with Gasteiger partial charge in [0.15, 0.2) is 0 Å². The van der Waals surface area contributed by atoms with Crippen LogP contribution in [0.4, 0.5) is 0 Å². The largest absolute Gasteiger partial charge is 0.382 e. The van der Waals surface area contributed by atoms with Crippen LogP contribution >= 0.6 is 0 Å². The van der Waals surface area contributed by atoms with Gasteiger partial charge in [0.25, 0.3) is 0 Å². The van der Waals surface area contributed by atoms with Gasteiger partial charge in [-0.2, -0.15) is 0 Å². The Kier molecular flexibility index (Phi) is 7.88. The molecule has 1 N–H and O–H groups in total. The normalized spacial score (nSPS) is 15.8. The summed E-state index contributed by atoms with van der Waals surface area (Å²) in [6.07, 6.45) is 7.91. The molecule has 0 aromatic rings. The summed E-state index contributed by atoms with van der Waals surface area (Å²) < 4.78 is 10.3. The Hall–Kier alpha value is -0.120. The second kappa shape index (κ2) is 9.13. The molecule has 0 aromatic heterocycles. The summed E-state index contributed by atoms with van der Waals surface area (Å²) >= 11 is 0. The molecular weight excluding hydrogens is 190 g/mol. The van der Waals surface area contributed by atoms with Crippen molar-refractivity contribution in [3.63, 3.8) is 0 Å². The Morgan fingerprint density at radius 2 is 1.80 bits per heavy atom. The molecule has 1 aliphatic rings. The standard InChI is InChI=1S/C12H25NO2/c1-14-10-11-15-9-5-3-2-4-8-13-12-6-7-12/h12-13H,2-11H2,1H3. The van der Waals surface area contributed by atoms with Crippen molar-refractivity contribution in [1.29, 1.82) is 0 Å². The first-order chi connectivity index (χ1) is 7.43. The molecule has 0 aliphatic heterocycles. The fraction of sp³-hybridized carbons (Fsp3) is 1.00. The molecule has 0 heterocycles. The lowest BCUT2D eigenvalue weighted by molar-refractivity contribution is 0.0686. The first-order valence-corrected chi connectivity index (χ1v) is 6.23. The van der Waals surface area contributed by atoms with Crippen LogP contribution in [-0.2, 0) is 9.47 Å². The molecule has 0 saturated heterocycles. The van der Waals surface area contributed by atoms with Crippen molar-refractivity contribution in [3.8, 4) is 0 Å². The molecule has 0 atom stereocenters. The van der Waals surface area contributed by atoms with E-state index in [0.717, 1.165) is 19.3 Å². The van der Waals surface area contributed by atoms with Crippen LogP contribution in [0.25, 0.3) is 0 Å². The Balaban J connectivity index is 1.62. The minimum absolute atomic E-state index is 0.714. The Labute approximate surface area is 93.5 Å². The van der Waals surface area contributed by atoms with Crippen molar-refractivity contribution in [2.45, 2.75) is 44.6 Å². The summed E-state index contributed by atoms with van der Waals surface area (Å²) in [6.45, 7) is 3.54. The molecule has 0 unspecified atom stereocenters. The van der Waals surface area contributed by atoms with Gasteiger partial charge in [-0.3, -0.25) is 0 Å². The Morgan fingerprint density at radius 1 is 1.00 bits per heavy atom. The summed E-state index contributed by atoms with van der Waals surface area (Å²) in [7, 11) is 1.70. The van der Waals surface area contributed by atoms with Gasteiger partial charge in [-0.05, 0) is 32.2 Å². The molecule has 1 aliphatic carbocycles. The van der Waals surface area contributed by atoms with Gasteiger partial charge in [-0.25, -0.2) is 0 Å². The second-order valence-electron chi connectivity index (χ2n) is 4.25. The van der Waals surface area contributed by atoms with E-state index in [0.29, 0.717) is 6.61 Å². The number of nitrogens with one attached hydrogen (secondary N) is 1. The van der Waals surface area contributed by atoms with Crippen molar-refractivity contribution in [3.05, 3.63) is 0 Å². The predicted octanol–water partition coefficient (Wildman–Crippen LogP) is 1.96. The smallest absolute Gasteiger partial charge is 0.0700 e. The summed E-state index contributed by atoms with van der Waals surface area (Å²) in [5.74, 6) is 0. The molecule has 15 heavy (non-hydrogen) atoms. The average molecular weight is 215 g/mol. The highest BCUT2D eigenvalue weighted by Gasteiger charge is 2.19. The number of hydrogen-bond donors (Lipinski definition) is 1. The van der Waals surface area contributed by atoms with E-state index in [4.69, 9.17) is 9.47 Å². The number of unbranched alkanes of at least 4 members (excludes halogenated alkanes) is 3. The summed E-state index contributed by atoms with van der Waals surface area (Å²) in [5, 5.41) is 3.53. The molecule has 1 rings (SSSR count). The molecular formula is C12H25NO2. The van der Waals surface area contributed by atoms with Gasteiger partial charge in [0.05, 0.1) is 13.2 Å². The minimum atomic E-state index is 0.714. The lowest BCUT2D eigenvalue weighted by atomic mass is 10.2.